The summed E-state index contributed by atoms with van der Waals surface area (Å²) in [6.45, 7) is 6.47. The fourth-order valence-electron chi connectivity index (χ4n) is 4.60. The standard InChI is InChI=1S/C31H31NO7/c1-5-19-8-10-20(11-9-19)27-26(28(33)24-17-16-23(38-6-2)18-25(24)39-7-3)29(34)30(35)32(27)22-14-12-21(13-15-22)31(36)37-4/h8-18,27,33H,5-7H2,1-4H3/b28-26-. The number of aliphatic hydroxyl groups is 1. The Labute approximate surface area is 227 Å². The van der Waals surface area contributed by atoms with Crippen molar-refractivity contribution in [1.82, 2.24) is 0 Å². The SMILES string of the molecule is CCOc1ccc(/C(O)=C2/C(=O)C(=O)N(c3ccc(C(=O)OC)cc3)C2c2ccc(CC)cc2)c(OCC)c1. The van der Waals surface area contributed by atoms with Gasteiger partial charge in [0.2, 0.25) is 0 Å². The van der Waals surface area contributed by atoms with Gasteiger partial charge < -0.3 is 19.3 Å². The summed E-state index contributed by atoms with van der Waals surface area (Å²) in [7, 11) is 1.28. The summed E-state index contributed by atoms with van der Waals surface area (Å²) in [6, 6.07) is 17.8. The summed E-state index contributed by atoms with van der Waals surface area (Å²) < 4.78 is 16.1. The van der Waals surface area contributed by atoms with Crippen LogP contribution in [0.5, 0.6) is 11.5 Å². The normalized spacial score (nSPS) is 16.3. The predicted octanol–water partition coefficient (Wildman–Crippen LogP) is 5.46. The molecule has 3 aromatic rings. The molecule has 39 heavy (non-hydrogen) atoms. The van der Waals surface area contributed by atoms with Crippen molar-refractivity contribution in [3.63, 3.8) is 0 Å². The van der Waals surface area contributed by atoms with Gasteiger partial charge in [0.25, 0.3) is 11.7 Å². The van der Waals surface area contributed by atoms with Gasteiger partial charge in [0.1, 0.15) is 17.3 Å². The van der Waals surface area contributed by atoms with Crippen molar-refractivity contribution in [2.75, 3.05) is 25.2 Å². The van der Waals surface area contributed by atoms with Crippen molar-refractivity contribution in [2.45, 2.75) is 33.2 Å². The third-order valence-electron chi connectivity index (χ3n) is 6.53. The Morgan fingerprint density at radius 1 is 0.897 bits per heavy atom. The minimum Gasteiger partial charge on any atom is -0.507 e. The number of Topliss-reactive ketones (excluding diaryl/α,β-unsaturated/α-hetero) is 1. The van der Waals surface area contributed by atoms with E-state index in [1.165, 1.54) is 24.1 Å². The fraction of sp³-hybridized carbons (Fsp3) is 0.258. The molecule has 0 radical (unpaired) electrons. The number of ether oxygens (including phenoxy) is 3. The molecule has 1 aliphatic rings. The van der Waals surface area contributed by atoms with Gasteiger partial charge in [-0.25, -0.2) is 4.79 Å². The molecule has 0 bridgehead atoms. The fourth-order valence-corrected chi connectivity index (χ4v) is 4.60. The van der Waals surface area contributed by atoms with Crippen molar-refractivity contribution in [2.24, 2.45) is 0 Å². The summed E-state index contributed by atoms with van der Waals surface area (Å²) in [4.78, 5) is 40.3. The largest absolute Gasteiger partial charge is 0.507 e. The molecule has 8 nitrogen and oxygen atoms in total. The average Bonchev–Trinajstić information content (AvgIpc) is 3.22. The summed E-state index contributed by atoms with van der Waals surface area (Å²) in [5, 5.41) is 11.6. The van der Waals surface area contributed by atoms with Crippen molar-refractivity contribution in [1.29, 1.82) is 0 Å². The molecule has 0 aromatic heterocycles. The van der Waals surface area contributed by atoms with Crippen LogP contribution in [0.4, 0.5) is 5.69 Å². The van der Waals surface area contributed by atoms with Gasteiger partial charge in [0, 0.05) is 11.8 Å². The van der Waals surface area contributed by atoms with Crippen LogP contribution in [0, 0.1) is 0 Å². The molecular formula is C31H31NO7. The molecule has 0 saturated carbocycles. The third-order valence-corrected chi connectivity index (χ3v) is 6.53. The first kappa shape index (κ1) is 27.4. The monoisotopic (exact) mass is 529 g/mol. The van der Waals surface area contributed by atoms with E-state index >= 15 is 0 Å². The number of nitrogens with zero attached hydrogens (tertiary/aromatic N) is 1. The predicted molar refractivity (Wildman–Crippen MR) is 147 cm³/mol. The average molecular weight is 530 g/mol. The Morgan fingerprint density at radius 3 is 2.15 bits per heavy atom. The van der Waals surface area contributed by atoms with Crippen LogP contribution in [0.2, 0.25) is 0 Å². The van der Waals surface area contributed by atoms with E-state index in [4.69, 9.17) is 14.2 Å². The minimum absolute atomic E-state index is 0.0635. The zero-order valence-corrected chi connectivity index (χ0v) is 22.4. The molecule has 1 heterocycles. The number of hydrogen-bond donors (Lipinski definition) is 1. The quantitative estimate of drug-likeness (QED) is 0.170. The number of rotatable bonds is 9. The number of aryl methyl sites for hydroxylation is 1. The lowest BCUT2D eigenvalue weighted by Crippen LogP contribution is -2.29. The molecule has 202 valence electrons. The maximum Gasteiger partial charge on any atom is 0.337 e. The zero-order valence-electron chi connectivity index (χ0n) is 22.4. The number of esters is 1. The highest BCUT2D eigenvalue weighted by molar-refractivity contribution is 6.51. The van der Waals surface area contributed by atoms with Gasteiger partial charge in [-0.3, -0.25) is 14.5 Å². The lowest BCUT2D eigenvalue weighted by molar-refractivity contribution is -0.132. The number of ketones is 1. The van der Waals surface area contributed by atoms with Gasteiger partial charge >= 0.3 is 5.97 Å². The van der Waals surface area contributed by atoms with Crippen molar-refractivity contribution >= 4 is 29.1 Å². The highest BCUT2D eigenvalue weighted by Crippen LogP contribution is 2.43. The Bertz CT molecular complexity index is 1410. The van der Waals surface area contributed by atoms with Gasteiger partial charge in [0.15, 0.2) is 0 Å². The molecule has 1 aliphatic heterocycles. The molecule has 1 saturated heterocycles. The molecule has 1 N–H and O–H groups in total. The molecule has 1 fully saturated rings. The van der Waals surface area contributed by atoms with Gasteiger partial charge in [-0.15, -0.1) is 0 Å². The minimum atomic E-state index is -0.916. The van der Waals surface area contributed by atoms with Crippen molar-refractivity contribution < 1.29 is 33.7 Å². The lowest BCUT2D eigenvalue weighted by Gasteiger charge is -2.26. The van der Waals surface area contributed by atoms with Crippen molar-refractivity contribution in [3.05, 3.63) is 94.6 Å². The van der Waals surface area contributed by atoms with Crippen LogP contribution in [0.1, 0.15) is 53.9 Å². The highest BCUT2D eigenvalue weighted by Gasteiger charge is 2.47. The number of amides is 1. The molecule has 1 atom stereocenters. The van der Waals surface area contributed by atoms with Gasteiger partial charge in [0.05, 0.1) is 43.1 Å². The second-order valence-electron chi connectivity index (χ2n) is 8.83. The molecule has 0 aliphatic carbocycles. The van der Waals surface area contributed by atoms with E-state index in [0.29, 0.717) is 41.5 Å². The number of methoxy groups -OCH3 is 1. The zero-order chi connectivity index (χ0) is 28.1. The highest BCUT2D eigenvalue weighted by atomic mass is 16.5. The third kappa shape index (κ3) is 5.36. The number of benzene rings is 3. The molecule has 8 heteroatoms. The number of hydrogen-bond acceptors (Lipinski definition) is 7. The molecule has 4 rings (SSSR count). The van der Waals surface area contributed by atoms with Crippen LogP contribution in [0.3, 0.4) is 0 Å². The van der Waals surface area contributed by atoms with Crippen molar-refractivity contribution in [3.8, 4) is 11.5 Å². The molecule has 1 unspecified atom stereocenters. The number of carbonyl (C=O) groups is 3. The topological polar surface area (TPSA) is 102 Å². The lowest BCUT2D eigenvalue weighted by atomic mass is 9.94. The van der Waals surface area contributed by atoms with Gasteiger partial charge in [-0.05, 0) is 67.8 Å². The molecule has 3 aromatic carbocycles. The van der Waals surface area contributed by atoms with Crippen LogP contribution in [-0.2, 0) is 20.7 Å². The summed E-state index contributed by atoms with van der Waals surface area (Å²) in [5.41, 5.74) is 2.64. The van der Waals surface area contributed by atoms with Gasteiger partial charge in [-0.2, -0.15) is 0 Å². The summed E-state index contributed by atoms with van der Waals surface area (Å²) in [5.74, 6) is -1.61. The first-order chi connectivity index (χ1) is 18.8. The van der Waals surface area contributed by atoms with Crippen LogP contribution in [0.15, 0.2) is 72.3 Å². The Hall–Kier alpha value is -4.59. The first-order valence-corrected chi connectivity index (χ1v) is 12.8. The van der Waals surface area contributed by atoms with Crippen LogP contribution >= 0.6 is 0 Å². The Kier molecular flexibility index (Phi) is 8.34. The Balaban J connectivity index is 1.91. The number of aliphatic hydroxyl groups excluding tert-OH is 1. The molecule has 1 amide bonds. The van der Waals surface area contributed by atoms with Gasteiger partial charge in [-0.1, -0.05) is 31.2 Å². The van der Waals surface area contributed by atoms with Crippen LogP contribution in [0.25, 0.3) is 5.76 Å². The van der Waals surface area contributed by atoms with E-state index < -0.39 is 23.7 Å². The maximum atomic E-state index is 13.5. The molecule has 0 spiro atoms. The maximum absolute atomic E-state index is 13.5. The first-order valence-electron chi connectivity index (χ1n) is 12.8. The summed E-state index contributed by atoms with van der Waals surface area (Å²) in [6.07, 6.45) is 0.819. The van der Waals surface area contributed by atoms with Crippen LogP contribution < -0.4 is 14.4 Å². The summed E-state index contributed by atoms with van der Waals surface area (Å²) >= 11 is 0. The molecular weight excluding hydrogens is 498 g/mol. The smallest absolute Gasteiger partial charge is 0.337 e. The second kappa shape index (κ2) is 11.9. The Morgan fingerprint density at radius 2 is 1.56 bits per heavy atom. The number of carbonyl (C=O) groups excluding carboxylic acids is 3. The van der Waals surface area contributed by atoms with E-state index in [1.54, 1.807) is 30.3 Å². The van der Waals surface area contributed by atoms with E-state index in [0.717, 1.165) is 12.0 Å². The number of anilines is 1. The van der Waals surface area contributed by atoms with E-state index in [9.17, 15) is 19.5 Å². The van der Waals surface area contributed by atoms with E-state index in [1.807, 2.05) is 45.0 Å². The van der Waals surface area contributed by atoms with Crippen LogP contribution in [-0.4, -0.2) is 43.1 Å². The second-order valence-corrected chi connectivity index (χ2v) is 8.83. The van der Waals surface area contributed by atoms with E-state index in [2.05, 4.69) is 0 Å². The van der Waals surface area contributed by atoms with E-state index in [-0.39, 0.29) is 16.9 Å².